The molecule has 0 aliphatic rings. The SMILES string of the molecule is CCn1ncnc1COc1cccc(F)c1CN. The number of benzene rings is 1. The third kappa shape index (κ3) is 2.48. The van der Waals surface area contributed by atoms with E-state index in [4.69, 9.17) is 10.5 Å². The molecule has 1 aromatic carbocycles. The lowest BCUT2D eigenvalue weighted by molar-refractivity contribution is 0.282. The molecule has 18 heavy (non-hydrogen) atoms. The van der Waals surface area contributed by atoms with Gasteiger partial charge in [0.05, 0.1) is 0 Å². The number of aryl methyl sites for hydroxylation is 1. The summed E-state index contributed by atoms with van der Waals surface area (Å²) in [5.41, 5.74) is 5.88. The van der Waals surface area contributed by atoms with Crippen molar-refractivity contribution in [3.8, 4) is 5.75 Å². The summed E-state index contributed by atoms with van der Waals surface area (Å²) in [7, 11) is 0. The van der Waals surface area contributed by atoms with E-state index in [-0.39, 0.29) is 19.0 Å². The first-order valence-electron chi connectivity index (χ1n) is 5.73. The number of aromatic nitrogens is 3. The summed E-state index contributed by atoms with van der Waals surface area (Å²) >= 11 is 0. The van der Waals surface area contributed by atoms with Crippen molar-refractivity contribution in [2.24, 2.45) is 5.73 Å². The molecule has 5 nitrogen and oxygen atoms in total. The first-order chi connectivity index (χ1) is 8.76. The molecular formula is C12H15FN4O. The molecule has 0 spiro atoms. The second-order valence-electron chi connectivity index (χ2n) is 3.70. The molecule has 96 valence electrons. The van der Waals surface area contributed by atoms with Crippen LogP contribution in [0.15, 0.2) is 24.5 Å². The number of nitrogens with zero attached hydrogens (tertiary/aromatic N) is 3. The van der Waals surface area contributed by atoms with Crippen LogP contribution in [0.2, 0.25) is 0 Å². The minimum absolute atomic E-state index is 0.0997. The van der Waals surface area contributed by atoms with Gasteiger partial charge in [0.15, 0.2) is 5.82 Å². The lowest BCUT2D eigenvalue weighted by Crippen LogP contribution is -2.09. The Bertz CT molecular complexity index is 527. The topological polar surface area (TPSA) is 66.0 Å². The lowest BCUT2D eigenvalue weighted by atomic mass is 10.2. The van der Waals surface area contributed by atoms with Crippen LogP contribution < -0.4 is 10.5 Å². The summed E-state index contributed by atoms with van der Waals surface area (Å²) in [6, 6.07) is 4.65. The van der Waals surface area contributed by atoms with Gasteiger partial charge in [0.1, 0.15) is 24.5 Å². The summed E-state index contributed by atoms with van der Waals surface area (Å²) in [5, 5.41) is 4.03. The highest BCUT2D eigenvalue weighted by atomic mass is 19.1. The van der Waals surface area contributed by atoms with E-state index in [9.17, 15) is 4.39 Å². The number of halogens is 1. The number of ether oxygens (including phenoxy) is 1. The molecule has 0 aliphatic carbocycles. The largest absolute Gasteiger partial charge is 0.485 e. The van der Waals surface area contributed by atoms with Gasteiger partial charge < -0.3 is 10.5 Å². The summed E-state index contributed by atoms with van der Waals surface area (Å²) in [5.74, 6) is 0.792. The number of hydrogen-bond acceptors (Lipinski definition) is 4. The van der Waals surface area contributed by atoms with Crippen molar-refractivity contribution >= 4 is 0 Å². The highest BCUT2D eigenvalue weighted by molar-refractivity contribution is 5.34. The normalized spacial score (nSPS) is 10.6. The zero-order valence-corrected chi connectivity index (χ0v) is 10.1. The Balaban J connectivity index is 2.13. The van der Waals surface area contributed by atoms with Crippen LogP contribution in [-0.2, 0) is 19.7 Å². The van der Waals surface area contributed by atoms with Gasteiger partial charge in [-0.15, -0.1) is 0 Å². The van der Waals surface area contributed by atoms with Crippen LogP contribution >= 0.6 is 0 Å². The molecule has 0 bridgehead atoms. The van der Waals surface area contributed by atoms with E-state index in [1.807, 2.05) is 6.92 Å². The molecule has 1 aromatic heterocycles. The van der Waals surface area contributed by atoms with Gasteiger partial charge in [0.25, 0.3) is 0 Å². The van der Waals surface area contributed by atoms with E-state index in [1.165, 1.54) is 12.4 Å². The van der Waals surface area contributed by atoms with E-state index in [0.717, 1.165) is 0 Å². The molecule has 6 heteroatoms. The standard InChI is InChI=1S/C12H15FN4O/c1-2-17-12(15-8-16-17)7-18-11-5-3-4-10(13)9(11)6-14/h3-5,8H,2,6-7,14H2,1H3. The van der Waals surface area contributed by atoms with E-state index in [2.05, 4.69) is 10.1 Å². The van der Waals surface area contributed by atoms with Gasteiger partial charge in [-0.25, -0.2) is 14.1 Å². The zero-order valence-electron chi connectivity index (χ0n) is 10.1. The summed E-state index contributed by atoms with van der Waals surface area (Å²) in [6.07, 6.45) is 1.47. The fraction of sp³-hybridized carbons (Fsp3) is 0.333. The molecule has 0 amide bonds. The van der Waals surface area contributed by atoms with E-state index in [1.54, 1.807) is 16.8 Å². The second kappa shape index (κ2) is 5.59. The Hall–Kier alpha value is -1.95. The van der Waals surface area contributed by atoms with Crippen molar-refractivity contribution < 1.29 is 9.13 Å². The van der Waals surface area contributed by atoms with E-state index >= 15 is 0 Å². The van der Waals surface area contributed by atoms with Crippen molar-refractivity contribution in [3.05, 3.63) is 41.7 Å². The molecule has 0 unspecified atom stereocenters. The monoisotopic (exact) mass is 250 g/mol. The molecule has 1 heterocycles. The van der Waals surface area contributed by atoms with Gasteiger partial charge in [0.2, 0.25) is 0 Å². The number of hydrogen-bond donors (Lipinski definition) is 1. The highest BCUT2D eigenvalue weighted by Gasteiger charge is 2.09. The van der Waals surface area contributed by atoms with Crippen LogP contribution in [0.3, 0.4) is 0 Å². The summed E-state index contributed by atoms with van der Waals surface area (Å²) in [6.45, 7) is 3.02. The molecule has 2 aromatic rings. The molecule has 0 atom stereocenters. The average molecular weight is 250 g/mol. The van der Waals surface area contributed by atoms with Crippen molar-refractivity contribution in [1.82, 2.24) is 14.8 Å². The zero-order chi connectivity index (χ0) is 13.0. The van der Waals surface area contributed by atoms with Crippen LogP contribution in [-0.4, -0.2) is 14.8 Å². The van der Waals surface area contributed by atoms with Crippen molar-refractivity contribution in [3.63, 3.8) is 0 Å². The van der Waals surface area contributed by atoms with E-state index < -0.39 is 0 Å². The highest BCUT2D eigenvalue weighted by Crippen LogP contribution is 2.21. The van der Waals surface area contributed by atoms with E-state index in [0.29, 0.717) is 23.7 Å². The molecule has 0 saturated carbocycles. The molecule has 2 N–H and O–H groups in total. The number of rotatable bonds is 5. The summed E-state index contributed by atoms with van der Waals surface area (Å²) in [4.78, 5) is 4.08. The maximum absolute atomic E-state index is 13.5. The smallest absolute Gasteiger partial charge is 0.164 e. The van der Waals surface area contributed by atoms with Gasteiger partial charge in [-0.05, 0) is 19.1 Å². The van der Waals surface area contributed by atoms with Crippen LogP contribution in [0.5, 0.6) is 5.75 Å². The Morgan fingerprint density at radius 3 is 3.00 bits per heavy atom. The Morgan fingerprint density at radius 1 is 1.44 bits per heavy atom. The maximum atomic E-state index is 13.5. The van der Waals surface area contributed by atoms with Crippen LogP contribution in [0.4, 0.5) is 4.39 Å². The first kappa shape index (κ1) is 12.5. The Morgan fingerprint density at radius 2 is 2.28 bits per heavy atom. The fourth-order valence-corrected chi connectivity index (χ4v) is 1.68. The average Bonchev–Trinajstić information content (AvgIpc) is 2.83. The summed E-state index contributed by atoms with van der Waals surface area (Å²) < 4.78 is 20.7. The van der Waals surface area contributed by atoms with Gasteiger partial charge in [-0.1, -0.05) is 6.07 Å². The van der Waals surface area contributed by atoms with Crippen molar-refractivity contribution in [2.45, 2.75) is 26.6 Å². The van der Waals surface area contributed by atoms with Crippen LogP contribution in [0.25, 0.3) is 0 Å². The van der Waals surface area contributed by atoms with Gasteiger partial charge in [-0.2, -0.15) is 5.10 Å². The second-order valence-corrected chi connectivity index (χ2v) is 3.70. The fourth-order valence-electron chi connectivity index (χ4n) is 1.68. The van der Waals surface area contributed by atoms with Crippen LogP contribution in [0.1, 0.15) is 18.3 Å². The maximum Gasteiger partial charge on any atom is 0.164 e. The van der Waals surface area contributed by atoms with Gasteiger partial charge in [0, 0.05) is 18.7 Å². The molecule has 2 rings (SSSR count). The first-order valence-corrected chi connectivity index (χ1v) is 5.73. The van der Waals surface area contributed by atoms with Gasteiger partial charge in [-0.3, -0.25) is 0 Å². The molecule has 0 fully saturated rings. The molecule has 0 radical (unpaired) electrons. The predicted molar refractivity (Wildman–Crippen MR) is 64.3 cm³/mol. The Kier molecular flexibility index (Phi) is 3.88. The minimum Gasteiger partial charge on any atom is -0.485 e. The predicted octanol–water partition coefficient (Wildman–Crippen LogP) is 1.47. The van der Waals surface area contributed by atoms with Crippen molar-refractivity contribution in [1.29, 1.82) is 0 Å². The third-order valence-corrected chi connectivity index (χ3v) is 2.63. The molecular weight excluding hydrogens is 235 g/mol. The minimum atomic E-state index is -0.355. The van der Waals surface area contributed by atoms with Crippen LogP contribution in [0, 0.1) is 5.82 Å². The lowest BCUT2D eigenvalue weighted by Gasteiger charge is -2.10. The Labute approximate surface area is 104 Å². The van der Waals surface area contributed by atoms with Crippen molar-refractivity contribution in [2.75, 3.05) is 0 Å². The molecule has 0 aliphatic heterocycles. The number of nitrogens with two attached hydrogens (primary N) is 1. The quantitative estimate of drug-likeness (QED) is 0.872. The van der Waals surface area contributed by atoms with Gasteiger partial charge >= 0.3 is 0 Å². The third-order valence-electron chi connectivity index (χ3n) is 2.63. The molecule has 0 saturated heterocycles.